The number of nitrogens with one attached hydrogen (secondary N) is 1. The molecule has 0 bridgehead atoms. The molecule has 0 atom stereocenters. The average molecular weight is 397 g/mol. The van der Waals surface area contributed by atoms with Gasteiger partial charge in [-0.1, -0.05) is 12.5 Å². The van der Waals surface area contributed by atoms with E-state index in [4.69, 9.17) is 0 Å². The Balaban J connectivity index is 1.57. The van der Waals surface area contributed by atoms with Crippen LogP contribution in [-0.2, 0) is 21.4 Å². The van der Waals surface area contributed by atoms with Crippen molar-refractivity contribution in [1.82, 2.24) is 9.62 Å². The summed E-state index contributed by atoms with van der Waals surface area (Å²) in [4.78, 5) is 13.7. The molecule has 0 aromatic carbocycles. The standard InChI is InChI=1S/C17H20N2O3S3/c20-16(8-6-14-5-4-12-23-14)18-13-15-7-9-17(24-15)25(21,22)19-10-2-1-3-11-19/h4-9,12H,1-3,10-11,13H2,(H,18,20). The predicted octanol–water partition coefficient (Wildman–Crippen LogP) is 3.31. The molecule has 134 valence electrons. The number of sulfonamides is 1. The number of hydrogen-bond donors (Lipinski definition) is 1. The van der Waals surface area contributed by atoms with E-state index in [9.17, 15) is 13.2 Å². The molecule has 1 aliphatic rings. The van der Waals surface area contributed by atoms with Crippen molar-refractivity contribution in [3.05, 3.63) is 45.5 Å². The van der Waals surface area contributed by atoms with Crippen molar-refractivity contribution in [2.24, 2.45) is 0 Å². The van der Waals surface area contributed by atoms with Gasteiger partial charge in [-0.2, -0.15) is 4.31 Å². The van der Waals surface area contributed by atoms with Crippen LogP contribution in [0.2, 0.25) is 0 Å². The van der Waals surface area contributed by atoms with E-state index < -0.39 is 10.0 Å². The van der Waals surface area contributed by atoms with E-state index in [0.29, 0.717) is 23.8 Å². The van der Waals surface area contributed by atoms with E-state index in [2.05, 4.69) is 5.32 Å². The first kappa shape index (κ1) is 18.3. The Labute approximate surface area is 156 Å². The zero-order valence-electron chi connectivity index (χ0n) is 13.7. The molecule has 0 saturated carbocycles. The van der Waals surface area contributed by atoms with Crippen molar-refractivity contribution in [2.75, 3.05) is 13.1 Å². The summed E-state index contributed by atoms with van der Waals surface area (Å²) in [5.74, 6) is -0.192. The van der Waals surface area contributed by atoms with E-state index >= 15 is 0 Å². The summed E-state index contributed by atoms with van der Waals surface area (Å²) in [5, 5.41) is 4.74. The van der Waals surface area contributed by atoms with Crippen molar-refractivity contribution >= 4 is 44.7 Å². The number of rotatable bonds is 6. The molecule has 25 heavy (non-hydrogen) atoms. The van der Waals surface area contributed by atoms with E-state index in [0.717, 1.165) is 29.0 Å². The average Bonchev–Trinajstić information content (AvgIpc) is 3.31. The van der Waals surface area contributed by atoms with E-state index in [1.54, 1.807) is 33.9 Å². The molecule has 0 radical (unpaired) electrons. The Bertz CT molecular complexity index is 832. The molecule has 1 N–H and O–H groups in total. The first-order chi connectivity index (χ1) is 12.1. The summed E-state index contributed by atoms with van der Waals surface area (Å²) in [6.45, 7) is 1.52. The van der Waals surface area contributed by atoms with Gasteiger partial charge in [-0.05, 0) is 42.5 Å². The van der Waals surface area contributed by atoms with Crippen molar-refractivity contribution in [2.45, 2.75) is 30.0 Å². The topological polar surface area (TPSA) is 66.5 Å². The number of carbonyl (C=O) groups is 1. The Hall–Kier alpha value is -1.48. The highest BCUT2D eigenvalue weighted by atomic mass is 32.2. The fourth-order valence-corrected chi connectivity index (χ4v) is 6.19. The summed E-state index contributed by atoms with van der Waals surface area (Å²) in [6.07, 6.45) is 6.19. The van der Waals surface area contributed by atoms with Gasteiger partial charge in [0.15, 0.2) is 0 Å². The van der Waals surface area contributed by atoms with Crippen molar-refractivity contribution in [1.29, 1.82) is 0 Å². The number of thiophene rings is 2. The Morgan fingerprint density at radius 2 is 2.00 bits per heavy atom. The Morgan fingerprint density at radius 1 is 1.20 bits per heavy atom. The lowest BCUT2D eigenvalue weighted by Crippen LogP contribution is -2.35. The van der Waals surface area contributed by atoms with Crippen LogP contribution < -0.4 is 5.32 Å². The molecule has 1 aliphatic heterocycles. The summed E-state index contributed by atoms with van der Waals surface area (Å²) in [6, 6.07) is 7.27. The molecule has 0 aliphatic carbocycles. The minimum absolute atomic E-state index is 0.192. The van der Waals surface area contributed by atoms with Gasteiger partial charge in [0, 0.05) is 28.9 Å². The van der Waals surface area contributed by atoms with Crippen LogP contribution in [0.4, 0.5) is 0 Å². The molecular weight excluding hydrogens is 376 g/mol. The SMILES string of the molecule is O=C(C=Cc1cccs1)NCc1ccc(S(=O)(=O)N2CCCCC2)s1. The maximum atomic E-state index is 12.6. The molecule has 3 rings (SSSR count). The third-order valence-electron chi connectivity index (χ3n) is 3.93. The molecule has 5 nitrogen and oxygen atoms in total. The zero-order valence-corrected chi connectivity index (χ0v) is 16.1. The van der Waals surface area contributed by atoms with Crippen LogP contribution in [0.1, 0.15) is 29.0 Å². The zero-order chi connectivity index (χ0) is 17.7. The molecule has 1 saturated heterocycles. The first-order valence-electron chi connectivity index (χ1n) is 8.14. The number of hydrogen-bond acceptors (Lipinski definition) is 5. The van der Waals surface area contributed by atoms with Gasteiger partial charge in [0.1, 0.15) is 4.21 Å². The van der Waals surface area contributed by atoms with Crippen molar-refractivity contribution < 1.29 is 13.2 Å². The Kier molecular flexibility index (Phi) is 6.06. The number of amides is 1. The molecule has 2 aromatic heterocycles. The van der Waals surface area contributed by atoms with Crippen LogP contribution in [0.15, 0.2) is 39.9 Å². The van der Waals surface area contributed by atoms with Crippen LogP contribution >= 0.6 is 22.7 Å². The minimum Gasteiger partial charge on any atom is -0.348 e. The second kappa shape index (κ2) is 8.27. The molecule has 1 amide bonds. The van der Waals surface area contributed by atoms with Gasteiger partial charge < -0.3 is 5.32 Å². The predicted molar refractivity (Wildman–Crippen MR) is 102 cm³/mol. The summed E-state index contributed by atoms with van der Waals surface area (Å²) >= 11 is 2.79. The van der Waals surface area contributed by atoms with Crippen molar-refractivity contribution in [3.8, 4) is 0 Å². The quantitative estimate of drug-likeness (QED) is 0.762. The van der Waals surface area contributed by atoms with Crippen LogP contribution in [0, 0.1) is 0 Å². The lowest BCUT2D eigenvalue weighted by atomic mass is 10.2. The van der Waals surface area contributed by atoms with E-state index in [1.807, 2.05) is 17.5 Å². The molecule has 8 heteroatoms. The number of piperidine rings is 1. The molecule has 0 unspecified atom stereocenters. The summed E-state index contributed by atoms with van der Waals surface area (Å²) in [7, 11) is -3.39. The third kappa shape index (κ3) is 4.78. The van der Waals surface area contributed by atoms with E-state index in [1.165, 1.54) is 17.4 Å². The summed E-state index contributed by atoms with van der Waals surface area (Å²) in [5.41, 5.74) is 0. The van der Waals surface area contributed by atoms with Crippen LogP contribution in [0.5, 0.6) is 0 Å². The highest BCUT2D eigenvalue weighted by molar-refractivity contribution is 7.91. The van der Waals surface area contributed by atoms with E-state index in [-0.39, 0.29) is 5.91 Å². The lowest BCUT2D eigenvalue weighted by Gasteiger charge is -2.25. The van der Waals surface area contributed by atoms with Gasteiger partial charge in [0.2, 0.25) is 5.91 Å². The highest BCUT2D eigenvalue weighted by Crippen LogP contribution is 2.27. The Morgan fingerprint density at radius 3 is 2.72 bits per heavy atom. The highest BCUT2D eigenvalue weighted by Gasteiger charge is 2.27. The minimum atomic E-state index is -3.39. The maximum absolute atomic E-state index is 12.6. The second-order valence-electron chi connectivity index (χ2n) is 5.75. The van der Waals surface area contributed by atoms with Gasteiger partial charge in [-0.15, -0.1) is 22.7 Å². The van der Waals surface area contributed by atoms with Crippen LogP contribution in [0.25, 0.3) is 6.08 Å². The van der Waals surface area contributed by atoms with Gasteiger partial charge in [0.25, 0.3) is 10.0 Å². The normalized spacial score (nSPS) is 16.3. The molecule has 3 heterocycles. The second-order valence-corrected chi connectivity index (χ2v) is 10.1. The maximum Gasteiger partial charge on any atom is 0.252 e. The van der Waals surface area contributed by atoms with Gasteiger partial charge >= 0.3 is 0 Å². The molecule has 1 fully saturated rings. The van der Waals surface area contributed by atoms with Crippen LogP contribution in [0.3, 0.4) is 0 Å². The summed E-state index contributed by atoms with van der Waals surface area (Å²) < 4.78 is 27.1. The largest absolute Gasteiger partial charge is 0.348 e. The fraction of sp³-hybridized carbons (Fsp3) is 0.353. The molecule has 0 spiro atoms. The van der Waals surface area contributed by atoms with Gasteiger partial charge in [0.05, 0.1) is 6.54 Å². The van der Waals surface area contributed by atoms with Gasteiger partial charge in [-0.3, -0.25) is 4.79 Å². The fourth-order valence-electron chi connectivity index (χ4n) is 2.60. The van der Waals surface area contributed by atoms with Gasteiger partial charge in [-0.25, -0.2) is 8.42 Å². The van der Waals surface area contributed by atoms with Crippen LogP contribution in [-0.4, -0.2) is 31.7 Å². The number of nitrogens with zero attached hydrogens (tertiary/aromatic N) is 1. The molecule has 2 aromatic rings. The molecular formula is C17H20N2O3S3. The third-order valence-corrected chi connectivity index (χ3v) is 8.21. The monoisotopic (exact) mass is 396 g/mol. The number of carbonyl (C=O) groups excluding carboxylic acids is 1. The first-order valence-corrected chi connectivity index (χ1v) is 11.3. The smallest absolute Gasteiger partial charge is 0.252 e. The van der Waals surface area contributed by atoms with Crippen molar-refractivity contribution in [3.63, 3.8) is 0 Å². The lowest BCUT2D eigenvalue weighted by molar-refractivity contribution is -0.116.